The van der Waals surface area contributed by atoms with E-state index in [1.807, 2.05) is 0 Å². The van der Waals surface area contributed by atoms with Gasteiger partial charge in [0, 0.05) is 13.5 Å². The van der Waals surface area contributed by atoms with Crippen molar-refractivity contribution in [1.29, 1.82) is 0 Å². The van der Waals surface area contributed by atoms with Crippen LogP contribution >= 0.6 is 0 Å². The molecule has 1 amide bonds. The number of aromatic carboxylic acids is 1. The second kappa shape index (κ2) is 5.84. The summed E-state index contributed by atoms with van der Waals surface area (Å²) in [6.07, 6.45) is 2.57. The minimum atomic E-state index is -1.04. The van der Waals surface area contributed by atoms with Gasteiger partial charge in [-0.3, -0.25) is 4.79 Å². The van der Waals surface area contributed by atoms with Crippen LogP contribution in [-0.4, -0.2) is 24.0 Å². The molecule has 1 aromatic rings. The molecule has 0 atom stereocenters. The van der Waals surface area contributed by atoms with Crippen LogP contribution in [0.15, 0.2) is 36.9 Å². The van der Waals surface area contributed by atoms with Gasteiger partial charge >= 0.3 is 5.97 Å². The highest BCUT2D eigenvalue weighted by atomic mass is 16.4. The molecule has 0 saturated heterocycles. The van der Waals surface area contributed by atoms with Gasteiger partial charge in [-0.2, -0.15) is 0 Å². The van der Waals surface area contributed by atoms with Gasteiger partial charge in [0.05, 0.1) is 11.3 Å². The Hall–Kier alpha value is -2.10. The van der Waals surface area contributed by atoms with Gasteiger partial charge in [0.1, 0.15) is 0 Å². The summed E-state index contributed by atoms with van der Waals surface area (Å²) < 4.78 is 0. The van der Waals surface area contributed by atoms with E-state index in [0.717, 1.165) is 0 Å². The van der Waals surface area contributed by atoms with Gasteiger partial charge in [-0.1, -0.05) is 18.2 Å². The molecule has 0 aliphatic carbocycles. The number of anilines is 1. The molecule has 0 aliphatic heterocycles. The first kappa shape index (κ1) is 13.0. The molecule has 17 heavy (non-hydrogen) atoms. The summed E-state index contributed by atoms with van der Waals surface area (Å²) in [6, 6.07) is 6.44. The van der Waals surface area contributed by atoms with Gasteiger partial charge < -0.3 is 10.0 Å². The Morgan fingerprint density at radius 3 is 2.65 bits per heavy atom. The van der Waals surface area contributed by atoms with Crippen molar-refractivity contribution in [1.82, 2.24) is 0 Å². The van der Waals surface area contributed by atoms with Crippen LogP contribution in [0.2, 0.25) is 0 Å². The van der Waals surface area contributed by atoms with E-state index in [-0.39, 0.29) is 11.5 Å². The standard InChI is InChI=1S/C13H15NO3/c1-3-4-9-12(15)14(2)11-8-6-5-7-10(11)13(16)17/h3,5-8H,1,4,9H2,2H3,(H,16,17). The highest BCUT2D eigenvalue weighted by Gasteiger charge is 2.16. The number of carboxylic acids is 1. The topological polar surface area (TPSA) is 57.6 Å². The lowest BCUT2D eigenvalue weighted by atomic mass is 10.1. The largest absolute Gasteiger partial charge is 0.478 e. The third kappa shape index (κ3) is 3.17. The highest BCUT2D eigenvalue weighted by Crippen LogP contribution is 2.20. The Bertz CT molecular complexity index is 440. The van der Waals surface area contributed by atoms with Crippen LogP contribution in [0.5, 0.6) is 0 Å². The fraction of sp³-hybridized carbons (Fsp3) is 0.231. The van der Waals surface area contributed by atoms with E-state index in [0.29, 0.717) is 18.5 Å². The average molecular weight is 233 g/mol. The summed E-state index contributed by atoms with van der Waals surface area (Å²) in [7, 11) is 1.58. The molecule has 0 saturated carbocycles. The number of rotatable bonds is 5. The summed E-state index contributed by atoms with van der Waals surface area (Å²) >= 11 is 0. The van der Waals surface area contributed by atoms with Crippen molar-refractivity contribution in [3.05, 3.63) is 42.5 Å². The van der Waals surface area contributed by atoms with Gasteiger partial charge in [-0.25, -0.2) is 4.79 Å². The summed E-state index contributed by atoms with van der Waals surface area (Å²) in [5.74, 6) is -1.16. The molecule has 0 bridgehead atoms. The average Bonchev–Trinajstić information content (AvgIpc) is 2.34. The molecule has 90 valence electrons. The van der Waals surface area contributed by atoms with Gasteiger partial charge in [-0.05, 0) is 18.6 Å². The molecule has 0 aliphatic rings. The van der Waals surface area contributed by atoms with Gasteiger partial charge in [0.15, 0.2) is 0 Å². The van der Waals surface area contributed by atoms with E-state index in [1.165, 1.54) is 11.0 Å². The van der Waals surface area contributed by atoms with Crippen molar-refractivity contribution in [3.8, 4) is 0 Å². The molecule has 1 rings (SSSR count). The van der Waals surface area contributed by atoms with Crippen LogP contribution in [-0.2, 0) is 4.79 Å². The van der Waals surface area contributed by atoms with E-state index in [1.54, 1.807) is 31.3 Å². The molecule has 1 aromatic carbocycles. The number of para-hydroxylation sites is 1. The van der Waals surface area contributed by atoms with Crippen molar-refractivity contribution >= 4 is 17.6 Å². The van der Waals surface area contributed by atoms with Crippen LogP contribution in [0, 0.1) is 0 Å². The summed E-state index contributed by atoms with van der Waals surface area (Å²) in [6.45, 7) is 3.55. The predicted octanol–water partition coefficient (Wildman–Crippen LogP) is 2.31. The maximum atomic E-state index is 11.8. The lowest BCUT2D eigenvalue weighted by Crippen LogP contribution is -2.27. The molecule has 0 aromatic heterocycles. The molecule has 0 fully saturated rings. The van der Waals surface area contributed by atoms with Crippen molar-refractivity contribution in [3.63, 3.8) is 0 Å². The minimum Gasteiger partial charge on any atom is -0.478 e. The van der Waals surface area contributed by atoms with Crippen molar-refractivity contribution in [2.75, 3.05) is 11.9 Å². The molecular formula is C13H15NO3. The number of nitrogens with zero attached hydrogens (tertiary/aromatic N) is 1. The Labute approximate surface area is 100 Å². The maximum absolute atomic E-state index is 11.8. The third-order valence-corrected chi connectivity index (χ3v) is 2.43. The zero-order chi connectivity index (χ0) is 12.8. The van der Waals surface area contributed by atoms with E-state index in [9.17, 15) is 9.59 Å². The van der Waals surface area contributed by atoms with E-state index < -0.39 is 5.97 Å². The van der Waals surface area contributed by atoms with E-state index in [2.05, 4.69) is 6.58 Å². The SMILES string of the molecule is C=CCCC(=O)N(C)c1ccccc1C(=O)O. The number of hydrogen-bond donors (Lipinski definition) is 1. The van der Waals surface area contributed by atoms with Crippen LogP contribution in [0.1, 0.15) is 23.2 Å². The van der Waals surface area contributed by atoms with Crippen LogP contribution in [0.4, 0.5) is 5.69 Å². The predicted molar refractivity (Wildman–Crippen MR) is 66.2 cm³/mol. The number of benzene rings is 1. The molecule has 4 nitrogen and oxygen atoms in total. The number of carboxylic acid groups (broad SMARTS) is 1. The number of allylic oxidation sites excluding steroid dienone is 1. The second-order valence-electron chi connectivity index (χ2n) is 3.60. The van der Waals surface area contributed by atoms with Gasteiger partial charge in [-0.15, -0.1) is 6.58 Å². The fourth-order valence-electron chi connectivity index (χ4n) is 1.47. The van der Waals surface area contributed by atoms with Gasteiger partial charge in [0.25, 0.3) is 0 Å². The van der Waals surface area contributed by atoms with E-state index >= 15 is 0 Å². The molecule has 0 heterocycles. The molecule has 4 heteroatoms. The zero-order valence-electron chi connectivity index (χ0n) is 9.72. The Balaban J connectivity index is 2.95. The monoisotopic (exact) mass is 233 g/mol. The quantitative estimate of drug-likeness (QED) is 0.794. The highest BCUT2D eigenvalue weighted by molar-refractivity contribution is 6.01. The minimum absolute atomic E-state index is 0.126. The second-order valence-corrected chi connectivity index (χ2v) is 3.60. The normalized spacial score (nSPS) is 9.71. The van der Waals surface area contributed by atoms with Gasteiger partial charge in [0.2, 0.25) is 5.91 Å². The zero-order valence-corrected chi connectivity index (χ0v) is 9.72. The van der Waals surface area contributed by atoms with Crippen molar-refractivity contribution in [2.24, 2.45) is 0 Å². The number of carbonyl (C=O) groups excluding carboxylic acids is 1. The van der Waals surface area contributed by atoms with Crippen LogP contribution in [0.25, 0.3) is 0 Å². The van der Waals surface area contributed by atoms with E-state index in [4.69, 9.17) is 5.11 Å². The summed E-state index contributed by atoms with van der Waals surface area (Å²) in [4.78, 5) is 24.1. The maximum Gasteiger partial charge on any atom is 0.337 e. The first-order chi connectivity index (χ1) is 8.07. The Morgan fingerprint density at radius 2 is 2.06 bits per heavy atom. The molecule has 1 N–H and O–H groups in total. The number of amides is 1. The first-order valence-corrected chi connectivity index (χ1v) is 5.27. The molecular weight excluding hydrogens is 218 g/mol. The van der Waals surface area contributed by atoms with Crippen LogP contribution < -0.4 is 4.90 Å². The first-order valence-electron chi connectivity index (χ1n) is 5.27. The fourth-order valence-corrected chi connectivity index (χ4v) is 1.47. The Kier molecular flexibility index (Phi) is 4.46. The summed E-state index contributed by atoms with van der Waals surface area (Å²) in [5, 5.41) is 9.02. The smallest absolute Gasteiger partial charge is 0.337 e. The Morgan fingerprint density at radius 1 is 1.41 bits per heavy atom. The molecule has 0 radical (unpaired) electrons. The summed E-state index contributed by atoms with van der Waals surface area (Å²) in [5.41, 5.74) is 0.538. The van der Waals surface area contributed by atoms with Crippen molar-refractivity contribution < 1.29 is 14.7 Å². The molecule has 0 unspecified atom stereocenters. The third-order valence-electron chi connectivity index (χ3n) is 2.43. The lowest BCUT2D eigenvalue weighted by molar-refractivity contribution is -0.118. The number of hydrogen-bond acceptors (Lipinski definition) is 2. The lowest BCUT2D eigenvalue weighted by Gasteiger charge is -2.18. The van der Waals surface area contributed by atoms with Crippen LogP contribution in [0.3, 0.4) is 0 Å². The number of carbonyl (C=O) groups is 2. The molecule has 0 spiro atoms. The van der Waals surface area contributed by atoms with Crippen molar-refractivity contribution in [2.45, 2.75) is 12.8 Å².